The molecule has 1 fully saturated rings. The first-order valence-electron chi connectivity index (χ1n) is 6.29. The van der Waals surface area contributed by atoms with Gasteiger partial charge in [-0.05, 0) is 50.3 Å². The molecule has 0 spiro atoms. The molecule has 0 aromatic heterocycles. The Balaban J connectivity index is 2.34. The highest BCUT2D eigenvalue weighted by Crippen LogP contribution is 2.39. The first-order chi connectivity index (χ1) is 8.78. The van der Waals surface area contributed by atoms with Gasteiger partial charge in [-0.25, -0.2) is 17.5 Å². The van der Waals surface area contributed by atoms with Gasteiger partial charge in [0.2, 0.25) is 10.0 Å². The molecule has 1 saturated carbocycles. The molecule has 0 heterocycles. The van der Waals surface area contributed by atoms with Crippen LogP contribution in [-0.2, 0) is 10.0 Å². The molecule has 0 amide bonds. The van der Waals surface area contributed by atoms with E-state index in [4.69, 9.17) is 5.73 Å². The van der Waals surface area contributed by atoms with Gasteiger partial charge in [-0.3, -0.25) is 0 Å². The Kier molecular flexibility index (Phi) is 3.68. The minimum atomic E-state index is -3.76. The van der Waals surface area contributed by atoms with Crippen molar-refractivity contribution in [2.75, 3.05) is 6.54 Å². The molecule has 106 valence electrons. The Hall–Kier alpha value is -0.980. The number of nitrogens with two attached hydrogens (primary N) is 1. The van der Waals surface area contributed by atoms with Crippen molar-refractivity contribution in [2.24, 2.45) is 11.7 Å². The van der Waals surface area contributed by atoms with Crippen LogP contribution >= 0.6 is 0 Å². The van der Waals surface area contributed by atoms with E-state index in [1.807, 2.05) is 0 Å². The van der Waals surface area contributed by atoms with Crippen LogP contribution in [0.1, 0.15) is 25.3 Å². The second-order valence-electron chi connectivity index (χ2n) is 5.41. The number of benzene rings is 1. The topological polar surface area (TPSA) is 72.2 Å². The molecule has 0 bridgehead atoms. The fourth-order valence-corrected chi connectivity index (χ4v) is 3.97. The van der Waals surface area contributed by atoms with Gasteiger partial charge in [0.1, 0.15) is 5.82 Å². The molecular weight excluding hydrogens is 267 g/mol. The third-order valence-electron chi connectivity index (χ3n) is 3.71. The van der Waals surface area contributed by atoms with Crippen LogP contribution in [0.25, 0.3) is 0 Å². The molecule has 0 radical (unpaired) electrons. The van der Waals surface area contributed by atoms with E-state index in [-0.39, 0.29) is 17.4 Å². The van der Waals surface area contributed by atoms with E-state index in [0.717, 1.165) is 18.9 Å². The minimum absolute atomic E-state index is 0.0205. The van der Waals surface area contributed by atoms with Gasteiger partial charge in [0.25, 0.3) is 0 Å². The Labute approximate surface area is 113 Å². The number of hydrogen-bond acceptors (Lipinski definition) is 3. The number of sulfonamides is 1. The normalized spacial score (nSPS) is 19.2. The van der Waals surface area contributed by atoms with E-state index in [9.17, 15) is 12.8 Å². The van der Waals surface area contributed by atoms with E-state index in [1.165, 1.54) is 12.1 Å². The van der Waals surface area contributed by atoms with Crippen molar-refractivity contribution in [1.29, 1.82) is 0 Å². The summed E-state index contributed by atoms with van der Waals surface area (Å²) in [5.41, 5.74) is 5.56. The largest absolute Gasteiger partial charge is 0.329 e. The molecule has 1 aliphatic carbocycles. The van der Waals surface area contributed by atoms with Gasteiger partial charge >= 0.3 is 0 Å². The lowest BCUT2D eigenvalue weighted by atomic mass is 9.98. The second-order valence-corrected chi connectivity index (χ2v) is 7.06. The van der Waals surface area contributed by atoms with E-state index in [1.54, 1.807) is 13.8 Å². The lowest BCUT2D eigenvalue weighted by Gasteiger charge is -2.29. The van der Waals surface area contributed by atoms with Gasteiger partial charge in [0, 0.05) is 12.1 Å². The lowest BCUT2D eigenvalue weighted by Crippen LogP contribution is -2.53. The van der Waals surface area contributed by atoms with Crippen molar-refractivity contribution in [3.05, 3.63) is 29.6 Å². The number of rotatable bonds is 5. The van der Waals surface area contributed by atoms with Crippen LogP contribution in [0.4, 0.5) is 4.39 Å². The Morgan fingerprint density at radius 1 is 1.47 bits per heavy atom. The predicted molar refractivity (Wildman–Crippen MR) is 71.6 cm³/mol. The van der Waals surface area contributed by atoms with Crippen LogP contribution in [0.2, 0.25) is 0 Å². The molecule has 1 aromatic rings. The van der Waals surface area contributed by atoms with Gasteiger partial charge < -0.3 is 5.73 Å². The number of aryl methyl sites for hydroxylation is 1. The molecule has 1 atom stereocenters. The van der Waals surface area contributed by atoms with Crippen molar-refractivity contribution >= 4 is 10.0 Å². The number of halogens is 1. The van der Waals surface area contributed by atoms with Crippen LogP contribution in [0.3, 0.4) is 0 Å². The summed E-state index contributed by atoms with van der Waals surface area (Å²) < 4.78 is 40.6. The van der Waals surface area contributed by atoms with Gasteiger partial charge in [-0.15, -0.1) is 0 Å². The zero-order valence-electron chi connectivity index (χ0n) is 11.1. The summed E-state index contributed by atoms with van der Waals surface area (Å²) in [6.45, 7) is 3.67. The molecule has 0 saturated heterocycles. The van der Waals surface area contributed by atoms with Gasteiger partial charge in [0.05, 0.1) is 4.90 Å². The van der Waals surface area contributed by atoms with Crippen molar-refractivity contribution in [3.8, 4) is 0 Å². The molecule has 3 N–H and O–H groups in total. The quantitative estimate of drug-likeness (QED) is 0.862. The van der Waals surface area contributed by atoms with Crippen molar-refractivity contribution in [1.82, 2.24) is 4.72 Å². The minimum Gasteiger partial charge on any atom is -0.329 e. The maximum Gasteiger partial charge on any atom is 0.241 e. The highest BCUT2D eigenvalue weighted by molar-refractivity contribution is 7.89. The van der Waals surface area contributed by atoms with E-state index >= 15 is 0 Å². The molecule has 19 heavy (non-hydrogen) atoms. The fraction of sp³-hybridized carbons (Fsp3) is 0.538. The molecule has 2 rings (SSSR count). The summed E-state index contributed by atoms with van der Waals surface area (Å²) in [4.78, 5) is -0.0205. The van der Waals surface area contributed by atoms with Gasteiger partial charge in [-0.1, -0.05) is 6.07 Å². The first-order valence-corrected chi connectivity index (χ1v) is 7.77. The third kappa shape index (κ3) is 2.96. The molecule has 1 unspecified atom stereocenters. The van der Waals surface area contributed by atoms with Crippen LogP contribution in [-0.4, -0.2) is 20.5 Å². The van der Waals surface area contributed by atoms with E-state index < -0.39 is 21.4 Å². The maximum atomic E-state index is 13.2. The zero-order chi connectivity index (χ0) is 14.3. The Bertz CT molecular complexity index is 584. The van der Waals surface area contributed by atoms with Gasteiger partial charge in [-0.2, -0.15) is 0 Å². The van der Waals surface area contributed by atoms with Crippen LogP contribution in [0, 0.1) is 18.7 Å². The standard InChI is InChI=1S/C13H19FN2O2S/c1-9-3-6-11(14)7-12(9)19(17,18)16-13(2,8-15)10-4-5-10/h3,6-7,10,16H,4-5,8,15H2,1-2H3. The lowest BCUT2D eigenvalue weighted by molar-refractivity contribution is 0.374. The highest BCUT2D eigenvalue weighted by atomic mass is 32.2. The summed E-state index contributed by atoms with van der Waals surface area (Å²) in [6.07, 6.45) is 1.94. The second kappa shape index (κ2) is 4.85. The summed E-state index contributed by atoms with van der Waals surface area (Å²) in [5, 5.41) is 0. The Morgan fingerprint density at radius 3 is 2.63 bits per heavy atom. The zero-order valence-corrected chi connectivity index (χ0v) is 11.9. The molecule has 4 nitrogen and oxygen atoms in total. The third-order valence-corrected chi connectivity index (χ3v) is 5.46. The van der Waals surface area contributed by atoms with Crippen LogP contribution in [0.5, 0.6) is 0 Å². The number of hydrogen-bond donors (Lipinski definition) is 2. The monoisotopic (exact) mass is 286 g/mol. The molecular formula is C13H19FN2O2S. The smallest absolute Gasteiger partial charge is 0.241 e. The fourth-order valence-electron chi connectivity index (χ4n) is 2.24. The molecule has 1 aromatic carbocycles. The summed E-state index contributed by atoms with van der Waals surface area (Å²) in [7, 11) is -3.76. The summed E-state index contributed by atoms with van der Waals surface area (Å²) >= 11 is 0. The summed E-state index contributed by atoms with van der Waals surface area (Å²) in [6, 6.07) is 3.75. The van der Waals surface area contributed by atoms with Crippen LogP contribution < -0.4 is 10.5 Å². The average Bonchev–Trinajstić information content (AvgIpc) is 3.15. The van der Waals surface area contributed by atoms with E-state index in [2.05, 4.69) is 4.72 Å². The van der Waals surface area contributed by atoms with Crippen molar-refractivity contribution < 1.29 is 12.8 Å². The van der Waals surface area contributed by atoms with Crippen molar-refractivity contribution in [3.63, 3.8) is 0 Å². The molecule has 6 heteroatoms. The SMILES string of the molecule is Cc1ccc(F)cc1S(=O)(=O)NC(C)(CN)C1CC1. The Morgan fingerprint density at radius 2 is 2.11 bits per heavy atom. The maximum absolute atomic E-state index is 13.2. The molecule has 0 aliphatic heterocycles. The first kappa shape index (κ1) is 14.4. The average molecular weight is 286 g/mol. The van der Waals surface area contributed by atoms with Crippen molar-refractivity contribution in [2.45, 2.75) is 37.1 Å². The van der Waals surface area contributed by atoms with E-state index in [0.29, 0.717) is 5.56 Å². The summed E-state index contributed by atoms with van der Waals surface area (Å²) in [5.74, 6) is -0.298. The predicted octanol–water partition coefficient (Wildman–Crippen LogP) is 1.54. The highest BCUT2D eigenvalue weighted by Gasteiger charge is 2.43. The number of nitrogens with one attached hydrogen (secondary N) is 1. The van der Waals surface area contributed by atoms with Gasteiger partial charge in [0.15, 0.2) is 0 Å². The molecule has 1 aliphatic rings. The van der Waals surface area contributed by atoms with Crippen LogP contribution in [0.15, 0.2) is 23.1 Å².